The SMILES string of the molecule is C#CC(C)(c1ccc(Br)cc1)c1csc(NC(=O)NC(C)O)n1. The lowest BCUT2D eigenvalue weighted by atomic mass is 9.81. The van der Waals surface area contributed by atoms with Crippen LogP contribution in [0.2, 0.25) is 0 Å². The monoisotopic (exact) mass is 393 g/mol. The van der Waals surface area contributed by atoms with Gasteiger partial charge >= 0.3 is 6.03 Å². The molecule has 0 aliphatic heterocycles. The first-order chi connectivity index (χ1) is 10.8. The van der Waals surface area contributed by atoms with Gasteiger partial charge in [-0.3, -0.25) is 5.32 Å². The molecule has 0 radical (unpaired) electrons. The number of aromatic nitrogens is 1. The maximum Gasteiger partial charge on any atom is 0.323 e. The van der Waals surface area contributed by atoms with E-state index in [4.69, 9.17) is 11.5 Å². The molecule has 2 unspecified atom stereocenters. The first-order valence-corrected chi connectivity index (χ1v) is 8.48. The maximum absolute atomic E-state index is 11.6. The molecule has 0 bridgehead atoms. The van der Waals surface area contributed by atoms with E-state index in [0.717, 1.165) is 10.0 Å². The summed E-state index contributed by atoms with van der Waals surface area (Å²) in [4.78, 5) is 16.0. The quantitative estimate of drug-likeness (QED) is 0.550. The van der Waals surface area contributed by atoms with Gasteiger partial charge in [0.25, 0.3) is 0 Å². The van der Waals surface area contributed by atoms with Crippen molar-refractivity contribution in [3.05, 3.63) is 45.4 Å². The molecule has 0 spiro atoms. The molecule has 23 heavy (non-hydrogen) atoms. The molecule has 0 saturated carbocycles. The van der Waals surface area contributed by atoms with E-state index in [9.17, 15) is 4.79 Å². The molecule has 0 saturated heterocycles. The summed E-state index contributed by atoms with van der Waals surface area (Å²) in [5.41, 5.74) is 0.922. The summed E-state index contributed by atoms with van der Waals surface area (Å²) >= 11 is 4.68. The Balaban J connectivity index is 2.25. The number of halogens is 1. The number of benzene rings is 1. The van der Waals surface area contributed by atoms with Crippen molar-refractivity contribution >= 4 is 38.4 Å². The molecular formula is C16H16BrN3O2S. The molecule has 2 aromatic rings. The van der Waals surface area contributed by atoms with Crippen molar-refractivity contribution in [2.24, 2.45) is 0 Å². The van der Waals surface area contributed by atoms with Crippen molar-refractivity contribution in [2.45, 2.75) is 25.5 Å². The van der Waals surface area contributed by atoms with Crippen molar-refractivity contribution in [1.29, 1.82) is 0 Å². The lowest BCUT2D eigenvalue weighted by Gasteiger charge is -2.22. The Morgan fingerprint density at radius 1 is 1.48 bits per heavy atom. The minimum absolute atomic E-state index is 0.414. The van der Waals surface area contributed by atoms with Crippen molar-refractivity contribution in [2.75, 3.05) is 5.32 Å². The van der Waals surface area contributed by atoms with Crippen molar-refractivity contribution < 1.29 is 9.90 Å². The molecular weight excluding hydrogens is 378 g/mol. The zero-order valence-electron chi connectivity index (χ0n) is 12.6. The Kier molecular flexibility index (Phi) is 5.42. The van der Waals surface area contributed by atoms with Gasteiger partial charge in [0.05, 0.1) is 11.1 Å². The predicted octanol–water partition coefficient (Wildman–Crippen LogP) is 3.30. The molecule has 120 valence electrons. The van der Waals surface area contributed by atoms with E-state index in [1.165, 1.54) is 18.3 Å². The Hall–Kier alpha value is -1.88. The molecule has 0 aliphatic rings. The van der Waals surface area contributed by atoms with Gasteiger partial charge in [-0.1, -0.05) is 34.0 Å². The van der Waals surface area contributed by atoms with Gasteiger partial charge in [0.2, 0.25) is 0 Å². The number of terminal acetylenes is 1. The Morgan fingerprint density at radius 2 is 2.13 bits per heavy atom. The van der Waals surface area contributed by atoms with Gasteiger partial charge in [-0.25, -0.2) is 9.78 Å². The zero-order valence-corrected chi connectivity index (χ0v) is 15.0. The summed E-state index contributed by atoms with van der Waals surface area (Å²) in [5, 5.41) is 16.2. The summed E-state index contributed by atoms with van der Waals surface area (Å²) in [6.45, 7) is 3.36. The summed E-state index contributed by atoms with van der Waals surface area (Å²) in [7, 11) is 0. The van der Waals surface area contributed by atoms with Gasteiger partial charge in [-0.15, -0.1) is 17.8 Å². The largest absolute Gasteiger partial charge is 0.374 e. The number of hydrogen-bond acceptors (Lipinski definition) is 4. The smallest absolute Gasteiger partial charge is 0.323 e. The van der Waals surface area contributed by atoms with Crippen LogP contribution >= 0.6 is 27.3 Å². The molecule has 1 aromatic carbocycles. The first kappa shape index (κ1) is 17.5. The van der Waals surface area contributed by atoms with Gasteiger partial charge in [0, 0.05) is 9.85 Å². The van der Waals surface area contributed by atoms with Gasteiger partial charge in [-0.2, -0.15) is 0 Å². The van der Waals surface area contributed by atoms with Gasteiger partial charge in [0.15, 0.2) is 5.13 Å². The minimum Gasteiger partial charge on any atom is -0.374 e. The summed E-state index contributed by atoms with van der Waals surface area (Å²) in [6.07, 6.45) is 4.82. The fraction of sp³-hybridized carbons (Fsp3) is 0.250. The number of carbonyl (C=O) groups excluding carboxylic acids is 1. The number of hydrogen-bond donors (Lipinski definition) is 3. The second-order valence-corrected chi connectivity index (χ2v) is 6.86. The number of nitrogens with zero attached hydrogens (tertiary/aromatic N) is 1. The molecule has 2 atom stereocenters. The van der Waals surface area contributed by atoms with E-state index in [1.54, 1.807) is 0 Å². The van der Waals surface area contributed by atoms with Crippen LogP contribution in [0.15, 0.2) is 34.1 Å². The van der Waals surface area contributed by atoms with Crippen molar-refractivity contribution in [1.82, 2.24) is 10.3 Å². The van der Waals surface area contributed by atoms with Crippen LogP contribution in [0.1, 0.15) is 25.1 Å². The average molecular weight is 394 g/mol. The van der Waals surface area contributed by atoms with Crippen LogP contribution in [0, 0.1) is 12.3 Å². The standard InChI is InChI=1S/C16H16BrN3O2S/c1-4-16(3,11-5-7-12(17)8-6-11)13-9-23-15(19-13)20-14(22)18-10(2)21/h1,5-10,21H,2-3H3,(H2,18,19,20,22). The molecule has 3 N–H and O–H groups in total. The average Bonchev–Trinajstić information content (AvgIpc) is 2.95. The number of aliphatic hydroxyl groups excluding tert-OH is 1. The third-order valence-electron chi connectivity index (χ3n) is 3.29. The third-order valence-corrected chi connectivity index (χ3v) is 4.57. The van der Waals surface area contributed by atoms with Crippen LogP contribution in [-0.2, 0) is 5.41 Å². The highest BCUT2D eigenvalue weighted by Gasteiger charge is 2.29. The Morgan fingerprint density at radius 3 is 2.70 bits per heavy atom. The van der Waals surface area contributed by atoms with Gasteiger partial charge < -0.3 is 10.4 Å². The van der Waals surface area contributed by atoms with Crippen LogP contribution in [0.3, 0.4) is 0 Å². The van der Waals surface area contributed by atoms with E-state index in [-0.39, 0.29) is 0 Å². The number of anilines is 1. The maximum atomic E-state index is 11.6. The Bertz CT molecular complexity index is 737. The second-order valence-electron chi connectivity index (χ2n) is 5.09. The van der Waals surface area contributed by atoms with E-state index < -0.39 is 17.7 Å². The number of rotatable bonds is 4. The van der Waals surface area contributed by atoms with Crippen molar-refractivity contribution in [3.63, 3.8) is 0 Å². The molecule has 0 aliphatic carbocycles. The van der Waals surface area contributed by atoms with Crippen LogP contribution < -0.4 is 10.6 Å². The highest BCUT2D eigenvalue weighted by Crippen LogP contribution is 2.33. The van der Waals surface area contributed by atoms with Crippen molar-refractivity contribution in [3.8, 4) is 12.3 Å². The van der Waals surface area contributed by atoms with E-state index in [2.05, 4.69) is 37.5 Å². The zero-order chi connectivity index (χ0) is 17.0. The Labute approximate surface area is 147 Å². The lowest BCUT2D eigenvalue weighted by molar-refractivity contribution is 0.162. The molecule has 7 heteroatoms. The normalized spacial score (nSPS) is 14.4. The number of amides is 2. The third kappa shape index (κ3) is 4.10. The summed E-state index contributed by atoms with van der Waals surface area (Å²) < 4.78 is 0.969. The van der Waals surface area contributed by atoms with E-state index in [0.29, 0.717) is 10.8 Å². The van der Waals surface area contributed by atoms with Crippen LogP contribution in [0.5, 0.6) is 0 Å². The number of urea groups is 1. The molecule has 0 fully saturated rings. The van der Waals surface area contributed by atoms with E-state index in [1.807, 2.05) is 36.6 Å². The fourth-order valence-corrected chi connectivity index (χ4v) is 3.05. The number of thiazole rings is 1. The molecule has 1 aromatic heterocycles. The van der Waals surface area contributed by atoms with E-state index >= 15 is 0 Å². The minimum atomic E-state index is -0.937. The highest BCUT2D eigenvalue weighted by atomic mass is 79.9. The lowest BCUT2D eigenvalue weighted by Crippen LogP contribution is -2.35. The summed E-state index contributed by atoms with van der Waals surface area (Å²) in [5.74, 6) is 2.79. The predicted molar refractivity (Wildman–Crippen MR) is 95.4 cm³/mol. The van der Waals surface area contributed by atoms with Crippen LogP contribution in [0.25, 0.3) is 0 Å². The summed E-state index contributed by atoms with van der Waals surface area (Å²) in [6, 6.07) is 7.21. The highest BCUT2D eigenvalue weighted by molar-refractivity contribution is 9.10. The van der Waals surface area contributed by atoms with Crippen LogP contribution in [-0.4, -0.2) is 22.3 Å². The van der Waals surface area contributed by atoms with Gasteiger partial charge in [0.1, 0.15) is 6.23 Å². The molecule has 5 nitrogen and oxygen atoms in total. The molecule has 1 heterocycles. The van der Waals surface area contributed by atoms with Crippen LogP contribution in [0.4, 0.5) is 9.93 Å². The number of carbonyl (C=O) groups is 1. The molecule has 2 amide bonds. The first-order valence-electron chi connectivity index (χ1n) is 6.80. The molecule has 2 rings (SSSR count). The second kappa shape index (κ2) is 7.13. The number of aliphatic hydroxyl groups is 1. The fourth-order valence-electron chi connectivity index (χ4n) is 1.97. The number of nitrogens with one attached hydrogen (secondary N) is 2. The van der Waals surface area contributed by atoms with Gasteiger partial charge in [-0.05, 0) is 31.5 Å². The topological polar surface area (TPSA) is 74.2 Å².